The Hall–Kier alpha value is -5.38. The Morgan fingerprint density at radius 2 is 0.922 bits per heavy atom. The minimum Gasteiger partial charge on any atom is -0.481 e. The maximum atomic E-state index is 13.0. The van der Waals surface area contributed by atoms with Gasteiger partial charge in [0.2, 0.25) is 35.4 Å². The largest absolute Gasteiger partial charge is 0.481 e. The van der Waals surface area contributed by atoms with Crippen LogP contribution in [0.4, 0.5) is 0 Å². The van der Waals surface area contributed by atoms with E-state index >= 15 is 0 Å². The molecule has 0 bridgehead atoms. The molecule has 7 atom stereocenters. The minimum absolute atomic E-state index is 0.0567. The summed E-state index contributed by atoms with van der Waals surface area (Å²) in [6.07, 6.45) is -2.73. The standard InChI is InChI=1S/C29H47N7O15/c1-12(2)9-17(27(48)35-18(29(50)51)10-22(42)43)34-28(49)19(11-37)36-24(45)14(4)32-26(47)16(6-8-21(40)41)33-23(44)13(3)31-25(46)15(30)5-7-20(38)39/h12-19,37H,5-11,30H2,1-4H3,(H,31,46)(H,32,47)(H,33,44)(H,34,49)(H,35,48)(H,36,45)(H,38,39)(H,40,41)(H,42,43)(H,50,51). The molecule has 0 saturated heterocycles. The fourth-order valence-electron chi connectivity index (χ4n) is 4.12. The van der Waals surface area contributed by atoms with Crippen LogP contribution in [-0.4, -0.2) is 134 Å². The first kappa shape index (κ1) is 45.6. The summed E-state index contributed by atoms with van der Waals surface area (Å²) in [7, 11) is 0. The molecule has 0 aliphatic rings. The number of rotatable bonds is 24. The third-order valence-corrected chi connectivity index (χ3v) is 6.94. The minimum atomic E-state index is -1.82. The average Bonchev–Trinajstić information content (AvgIpc) is 3.02. The molecule has 0 heterocycles. The molecule has 7 unspecified atom stereocenters. The summed E-state index contributed by atoms with van der Waals surface area (Å²) in [5.41, 5.74) is 5.62. The third kappa shape index (κ3) is 18.3. The summed E-state index contributed by atoms with van der Waals surface area (Å²) >= 11 is 0. The van der Waals surface area contributed by atoms with Gasteiger partial charge in [-0.1, -0.05) is 13.8 Å². The number of carboxylic acid groups (broad SMARTS) is 4. The van der Waals surface area contributed by atoms with Crippen LogP contribution < -0.4 is 37.6 Å². The molecule has 13 N–H and O–H groups in total. The topological polar surface area (TPSA) is 370 Å². The molecular weight excluding hydrogens is 686 g/mol. The number of carbonyl (C=O) groups excluding carboxylic acids is 6. The van der Waals surface area contributed by atoms with Gasteiger partial charge in [0.05, 0.1) is 19.1 Å². The number of aliphatic carboxylic acids is 4. The molecule has 0 aromatic heterocycles. The van der Waals surface area contributed by atoms with Crippen molar-refractivity contribution in [2.75, 3.05) is 6.61 Å². The van der Waals surface area contributed by atoms with Gasteiger partial charge in [0.15, 0.2) is 0 Å². The molecule has 0 saturated carbocycles. The fourth-order valence-corrected chi connectivity index (χ4v) is 4.12. The zero-order chi connectivity index (χ0) is 39.6. The van der Waals surface area contributed by atoms with Gasteiger partial charge in [-0.3, -0.25) is 43.2 Å². The Bertz CT molecular complexity index is 1310. The molecule has 51 heavy (non-hydrogen) atoms. The Labute approximate surface area is 291 Å². The van der Waals surface area contributed by atoms with Gasteiger partial charge in [-0.2, -0.15) is 0 Å². The van der Waals surface area contributed by atoms with Crippen LogP contribution in [0.25, 0.3) is 0 Å². The van der Waals surface area contributed by atoms with Crippen molar-refractivity contribution in [3.63, 3.8) is 0 Å². The number of hydrogen-bond donors (Lipinski definition) is 12. The molecule has 0 aliphatic heterocycles. The Kier molecular flexibility index (Phi) is 20.0. The van der Waals surface area contributed by atoms with Gasteiger partial charge in [0.1, 0.15) is 36.3 Å². The van der Waals surface area contributed by atoms with Crippen LogP contribution in [0.3, 0.4) is 0 Å². The Morgan fingerprint density at radius 1 is 0.510 bits per heavy atom. The maximum absolute atomic E-state index is 13.0. The molecule has 22 heteroatoms. The van der Waals surface area contributed by atoms with E-state index in [9.17, 15) is 58.2 Å². The molecule has 0 aliphatic carbocycles. The first-order chi connectivity index (χ1) is 23.6. The van der Waals surface area contributed by atoms with Crippen LogP contribution in [0.15, 0.2) is 0 Å². The normalized spacial score (nSPS) is 15.0. The van der Waals surface area contributed by atoms with Crippen molar-refractivity contribution in [1.82, 2.24) is 31.9 Å². The molecule has 6 amide bonds. The van der Waals surface area contributed by atoms with E-state index in [2.05, 4.69) is 26.6 Å². The fraction of sp³-hybridized carbons (Fsp3) is 0.655. The van der Waals surface area contributed by atoms with Crippen LogP contribution in [0, 0.1) is 5.92 Å². The third-order valence-electron chi connectivity index (χ3n) is 6.94. The van der Waals surface area contributed by atoms with Crippen LogP contribution >= 0.6 is 0 Å². The predicted octanol–water partition coefficient (Wildman–Crippen LogP) is -4.41. The second kappa shape index (κ2) is 22.4. The molecule has 0 spiro atoms. The molecule has 0 fully saturated rings. The predicted molar refractivity (Wildman–Crippen MR) is 171 cm³/mol. The lowest BCUT2D eigenvalue weighted by Crippen LogP contribution is -2.60. The number of carboxylic acids is 4. The number of nitrogens with two attached hydrogens (primary N) is 1. The maximum Gasteiger partial charge on any atom is 0.326 e. The summed E-state index contributed by atoms with van der Waals surface area (Å²) < 4.78 is 0. The van der Waals surface area contributed by atoms with Crippen molar-refractivity contribution in [1.29, 1.82) is 0 Å². The highest BCUT2D eigenvalue weighted by Crippen LogP contribution is 2.07. The van der Waals surface area contributed by atoms with E-state index in [1.165, 1.54) is 6.92 Å². The molecule has 0 aromatic carbocycles. The number of hydrogen-bond acceptors (Lipinski definition) is 12. The molecule has 0 aromatic rings. The van der Waals surface area contributed by atoms with Crippen molar-refractivity contribution in [2.45, 2.75) is 109 Å². The number of amides is 6. The van der Waals surface area contributed by atoms with Crippen molar-refractivity contribution in [3.05, 3.63) is 0 Å². The number of carbonyl (C=O) groups is 10. The Morgan fingerprint density at radius 3 is 1.37 bits per heavy atom. The van der Waals surface area contributed by atoms with E-state index in [1.54, 1.807) is 13.8 Å². The smallest absolute Gasteiger partial charge is 0.326 e. The zero-order valence-electron chi connectivity index (χ0n) is 28.5. The highest BCUT2D eigenvalue weighted by molar-refractivity contribution is 5.97. The van der Waals surface area contributed by atoms with Crippen LogP contribution in [-0.2, 0) is 47.9 Å². The second-order valence-electron chi connectivity index (χ2n) is 11.9. The van der Waals surface area contributed by atoms with Gasteiger partial charge in [0, 0.05) is 12.8 Å². The quantitative estimate of drug-likeness (QED) is 0.0445. The highest BCUT2D eigenvalue weighted by atomic mass is 16.4. The van der Waals surface area contributed by atoms with E-state index in [-0.39, 0.29) is 18.8 Å². The molecule has 22 nitrogen and oxygen atoms in total. The van der Waals surface area contributed by atoms with E-state index in [4.69, 9.17) is 21.1 Å². The van der Waals surface area contributed by atoms with Gasteiger partial charge in [0.25, 0.3) is 0 Å². The number of aliphatic hydroxyl groups excluding tert-OH is 1. The molecular formula is C29H47N7O15. The monoisotopic (exact) mass is 733 g/mol. The summed E-state index contributed by atoms with van der Waals surface area (Å²) in [4.78, 5) is 121. The van der Waals surface area contributed by atoms with Crippen molar-refractivity contribution in [3.8, 4) is 0 Å². The summed E-state index contributed by atoms with van der Waals surface area (Å²) in [5, 5.41) is 59.0. The van der Waals surface area contributed by atoms with Crippen LogP contribution in [0.5, 0.6) is 0 Å². The first-order valence-electron chi connectivity index (χ1n) is 15.7. The second-order valence-corrected chi connectivity index (χ2v) is 11.9. The van der Waals surface area contributed by atoms with Gasteiger partial charge in [-0.15, -0.1) is 0 Å². The van der Waals surface area contributed by atoms with E-state index in [0.29, 0.717) is 0 Å². The van der Waals surface area contributed by atoms with E-state index < -0.39 is 134 Å². The lowest BCUT2D eigenvalue weighted by Gasteiger charge is -2.26. The molecule has 288 valence electrons. The molecule has 0 rings (SSSR count). The molecule has 0 radical (unpaired) electrons. The van der Waals surface area contributed by atoms with Crippen LogP contribution in [0.1, 0.15) is 66.2 Å². The Balaban J connectivity index is 5.61. The summed E-state index contributed by atoms with van der Waals surface area (Å²) in [6, 6.07) is -10.5. The van der Waals surface area contributed by atoms with E-state index in [1.807, 2.05) is 5.32 Å². The summed E-state index contributed by atoms with van der Waals surface area (Å²) in [6.45, 7) is 4.69. The SMILES string of the molecule is CC(C)CC(NC(=O)C(CO)NC(=O)C(C)NC(=O)C(CCC(=O)O)NC(=O)C(C)NC(=O)C(N)CCC(=O)O)C(=O)NC(CC(=O)O)C(=O)O. The number of nitrogens with one attached hydrogen (secondary N) is 6. The lowest BCUT2D eigenvalue weighted by atomic mass is 10.0. The van der Waals surface area contributed by atoms with Gasteiger partial charge >= 0.3 is 23.9 Å². The van der Waals surface area contributed by atoms with Crippen molar-refractivity contribution in [2.24, 2.45) is 11.7 Å². The van der Waals surface area contributed by atoms with Crippen LogP contribution in [0.2, 0.25) is 0 Å². The average molecular weight is 734 g/mol. The van der Waals surface area contributed by atoms with Crippen molar-refractivity contribution < 1.29 is 73.5 Å². The first-order valence-corrected chi connectivity index (χ1v) is 15.7. The highest BCUT2D eigenvalue weighted by Gasteiger charge is 2.33. The zero-order valence-corrected chi connectivity index (χ0v) is 28.5. The number of aliphatic hydroxyl groups is 1. The van der Waals surface area contributed by atoms with E-state index in [0.717, 1.165) is 6.92 Å². The van der Waals surface area contributed by atoms with Gasteiger partial charge in [-0.05, 0) is 39.0 Å². The van der Waals surface area contributed by atoms with Gasteiger partial charge < -0.3 is 63.2 Å². The lowest BCUT2D eigenvalue weighted by molar-refractivity contribution is -0.147. The van der Waals surface area contributed by atoms with Crippen molar-refractivity contribution >= 4 is 59.3 Å². The van der Waals surface area contributed by atoms with Gasteiger partial charge in [-0.25, -0.2) is 4.79 Å². The summed E-state index contributed by atoms with van der Waals surface area (Å²) in [5.74, 6) is -12.0.